The fraction of sp³-hybridized carbons (Fsp3) is 0.286. The van der Waals surface area contributed by atoms with E-state index in [-0.39, 0.29) is 16.1 Å². The highest BCUT2D eigenvalue weighted by Gasteiger charge is 2.19. The van der Waals surface area contributed by atoms with E-state index < -0.39 is 5.82 Å². The van der Waals surface area contributed by atoms with E-state index in [1.54, 1.807) is 18.2 Å². The Kier molecular flexibility index (Phi) is 4.30. The van der Waals surface area contributed by atoms with Crippen LogP contribution in [0.5, 0.6) is 0 Å². The van der Waals surface area contributed by atoms with Crippen LogP contribution in [0.1, 0.15) is 26.6 Å². The molecule has 0 saturated carbocycles. The molecule has 1 aromatic carbocycles. The summed E-state index contributed by atoms with van der Waals surface area (Å²) in [5.74, 6) is 0.677. The molecule has 1 aromatic heterocycles. The second-order valence-electron chi connectivity index (χ2n) is 5.38. The highest BCUT2D eigenvalue weighted by Crippen LogP contribution is 2.27. The first kappa shape index (κ1) is 15.2. The lowest BCUT2D eigenvalue weighted by Crippen LogP contribution is -2.17. The lowest BCUT2D eigenvalue weighted by Gasteiger charge is -2.18. The number of aromatic nitrogens is 2. The second-order valence-corrected chi connectivity index (χ2v) is 6.60. The number of rotatable bonds is 2. The summed E-state index contributed by atoms with van der Waals surface area (Å²) in [6.45, 7) is 6.04. The Balaban J connectivity index is 2.39. The number of anilines is 2. The molecule has 3 nitrogen and oxygen atoms in total. The van der Waals surface area contributed by atoms with Gasteiger partial charge in [-0.25, -0.2) is 14.4 Å². The molecular weight excluding hydrogens is 345 g/mol. The van der Waals surface area contributed by atoms with E-state index >= 15 is 0 Å². The lowest BCUT2D eigenvalue weighted by molar-refractivity contribution is 0.544. The van der Waals surface area contributed by atoms with Crippen molar-refractivity contribution in [3.05, 3.63) is 45.5 Å². The minimum absolute atomic E-state index is 0.0687. The molecule has 0 aliphatic carbocycles. The molecule has 0 radical (unpaired) electrons. The molecular formula is C14H14BrClFN3. The van der Waals surface area contributed by atoms with Crippen LogP contribution in [-0.4, -0.2) is 9.97 Å². The van der Waals surface area contributed by atoms with E-state index in [0.29, 0.717) is 16.2 Å². The second kappa shape index (κ2) is 5.66. The van der Waals surface area contributed by atoms with E-state index in [2.05, 4.69) is 31.2 Å². The van der Waals surface area contributed by atoms with Gasteiger partial charge in [0.25, 0.3) is 0 Å². The zero-order valence-electron chi connectivity index (χ0n) is 11.3. The number of hydrogen-bond donors (Lipinski definition) is 1. The molecule has 20 heavy (non-hydrogen) atoms. The fourth-order valence-corrected chi connectivity index (χ4v) is 2.11. The molecule has 0 fully saturated rings. The molecule has 0 spiro atoms. The quantitative estimate of drug-likeness (QED) is 0.761. The Morgan fingerprint density at radius 1 is 1.25 bits per heavy atom. The van der Waals surface area contributed by atoms with Crippen molar-refractivity contribution >= 4 is 39.0 Å². The third kappa shape index (κ3) is 3.46. The average Bonchev–Trinajstić information content (AvgIpc) is 2.33. The summed E-state index contributed by atoms with van der Waals surface area (Å²) in [4.78, 5) is 8.74. The Labute approximate surface area is 130 Å². The van der Waals surface area contributed by atoms with Gasteiger partial charge in [-0.05, 0) is 28.1 Å². The first-order valence-corrected chi connectivity index (χ1v) is 7.20. The topological polar surface area (TPSA) is 37.8 Å². The van der Waals surface area contributed by atoms with E-state index in [9.17, 15) is 4.39 Å². The van der Waals surface area contributed by atoms with Gasteiger partial charge in [-0.15, -0.1) is 0 Å². The lowest BCUT2D eigenvalue weighted by atomic mass is 9.96. The third-order valence-electron chi connectivity index (χ3n) is 2.58. The molecule has 2 rings (SSSR count). The molecule has 0 bridgehead atoms. The largest absolute Gasteiger partial charge is 0.338 e. The smallest absolute Gasteiger partial charge is 0.165 e. The summed E-state index contributed by atoms with van der Waals surface area (Å²) >= 11 is 9.10. The van der Waals surface area contributed by atoms with Crippen LogP contribution < -0.4 is 5.32 Å². The highest BCUT2D eigenvalue weighted by molar-refractivity contribution is 9.10. The van der Waals surface area contributed by atoms with Crippen molar-refractivity contribution in [3.8, 4) is 0 Å². The Bertz CT molecular complexity index is 641. The summed E-state index contributed by atoms with van der Waals surface area (Å²) < 4.78 is 14.5. The molecule has 0 aliphatic heterocycles. The summed E-state index contributed by atoms with van der Waals surface area (Å²) in [5.41, 5.74) is 0.0792. The van der Waals surface area contributed by atoms with Crippen molar-refractivity contribution in [2.75, 3.05) is 5.32 Å². The van der Waals surface area contributed by atoms with Gasteiger partial charge < -0.3 is 5.32 Å². The molecule has 0 aliphatic rings. The summed E-state index contributed by atoms with van der Waals surface area (Å²) in [7, 11) is 0. The zero-order valence-corrected chi connectivity index (χ0v) is 13.7. The molecule has 2 aromatic rings. The maximum atomic E-state index is 13.9. The van der Waals surface area contributed by atoms with Gasteiger partial charge in [0.2, 0.25) is 0 Å². The summed E-state index contributed by atoms with van der Waals surface area (Å²) in [6.07, 6.45) is 0. The van der Waals surface area contributed by atoms with Gasteiger partial charge in [-0.1, -0.05) is 38.4 Å². The van der Waals surface area contributed by atoms with E-state index in [4.69, 9.17) is 11.6 Å². The minimum atomic E-state index is -0.499. The monoisotopic (exact) mass is 357 g/mol. The molecule has 0 saturated heterocycles. The van der Waals surface area contributed by atoms with Gasteiger partial charge >= 0.3 is 0 Å². The van der Waals surface area contributed by atoms with Crippen LogP contribution in [0.3, 0.4) is 0 Å². The predicted molar refractivity (Wildman–Crippen MR) is 83.1 cm³/mol. The van der Waals surface area contributed by atoms with E-state index in [1.165, 1.54) is 6.07 Å². The van der Waals surface area contributed by atoms with Crippen molar-refractivity contribution in [1.29, 1.82) is 0 Å². The summed E-state index contributed by atoms with van der Waals surface area (Å²) in [6, 6.07) is 6.47. The molecule has 106 valence electrons. The van der Waals surface area contributed by atoms with Crippen LogP contribution >= 0.6 is 27.5 Å². The van der Waals surface area contributed by atoms with Gasteiger partial charge in [0.1, 0.15) is 16.2 Å². The number of nitrogens with one attached hydrogen (secondary N) is 1. The molecule has 1 heterocycles. The molecule has 0 amide bonds. The van der Waals surface area contributed by atoms with Crippen molar-refractivity contribution in [2.45, 2.75) is 26.2 Å². The van der Waals surface area contributed by atoms with Crippen molar-refractivity contribution in [1.82, 2.24) is 9.97 Å². The van der Waals surface area contributed by atoms with Crippen LogP contribution in [0.15, 0.2) is 28.9 Å². The Hall–Kier alpha value is -1.20. The maximum absolute atomic E-state index is 13.9. The SMILES string of the molecule is CC(C)(C)c1nc(Br)cc(Nc2cccc(Cl)c2F)n1. The van der Waals surface area contributed by atoms with Gasteiger partial charge in [0.15, 0.2) is 5.82 Å². The van der Waals surface area contributed by atoms with Gasteiger partial charge in [0, 0.05) is 11.5 Å². The number of hydrogen-bond acceptors (Lipinski definition) is 3. The molecule has 0 unspecified atom stereocenters. The van der Waals surface area contributed by atoms with Crippen molar-refractivity contribution in [3.63, 3.8) is 0 Å². The number of halogens is 3. The minimum Gasteiger partial charge on any atom is -0.338 e. The standard InChI is InChI=1S/C14H14BrClFN3/c1-14(2,3)13-19-10(15)7-11(20-13)18-9-6-4-5-8(16)12(9)17/h4-7H,1-3H3,(H,18,19,20). The van der Waals surface area contributed by atoms with Crippen molar-refractivity contribution in [2.24, 2.45) is 0 Å². The van der Waals surface area contributed by atoms with Crippen LogP contribution in [0.2, 0.25) is 5.02 Å². The Morgan fingerprint density at radius 2 is 1.95 bits per heavy atom. The van der Waals surface area contributed by atoms with E-state index in [1.807, 2.05) is 20.8 Å². The maximum Gasteiger partial charge on any atom is 0.165 e. The van der Waals surface area contributed by atoms with Crippen LogP contribution in [0.25, 0.3) is 0 Å². The summed E-state index contributed by atoms with van der Waals surface area (Å²) in [5, 5.41) is 2.99. The van der Waals surface area contributed by atoms with Crippen LogP contribution in [0.4, 0.5) is 15.9 Å². The average molecular weight is 359 g/mol. The highest BCUT2D eigenvalue weighted by atomic mass is 79.9. The molecule has 0 atom stereocenters. The van der Waals surface area contributed by atoms with Crippen LogP contribution in [-0.2, 0) is 5.41 Å². The van der Waals surface area contributed by atoms with Gasteiger partial charge in [-0.2, -0.15) is 0 Å². The van der Waals surface area contributed by atoms with Gasteiger partial charge in [-0.3, -0.25) is 0 Å². The predicted octanol–water partition coefficient (Wildman–Crippen LogP) is 5.07. The first-order valence-electron chi connectivity index (χ1n) is 6.03. The molecule has 6 heteroatoms. The van der Waals surface area contributed by atoms with Crippen LogP contribution in [0, 0.1) is 5.82 Å². The van der Waals surface area contributed by atoms with E-state index in [0.717, 1.165) is 0 Å². The third-order valence-corrected chi connectivity index (χ3v) is 3.28. The number of nitrogens with zero attached hydrogens (tertiary/aromatic N) is 2. The molecule has 1 N–H and O–H groups in total. The Morgan fingerprint density at radius 3 is 2.60 bits per heavy atom. The zero-order chi connectivity index (χ0) is 14.9. The fourth-order valence-electron chi connectivity index (χ4n) is 1.56. The first-order chi connectivity index (χ1) is 9.27. The van der Waals surface area contributed by atoms with Crippen molar-refractivity contribution < 1.29 is 4.39 Å². The number of benzene rings is 1. The van der Waals surface area contributed by atoms with Gasteiger partial charge in [0.05, 0.1) is 10.7 Å². The normalized spacial score (nSPS) is 11.5.